The van der Waals surface area contributed by atoms with E-state index in [4.69, 9.17) is 0 Å². The molecule has 188 valence electrons. The van der Waals surface area contributed by atoms with Crippen molar-refractivity contribution in [2.45, 2.75) is 64.8 Å². The number of benzene rings is 2. The molecule has 2 aromatic rings. The van der Waals surface area contributed by atoms with Gasteiger partial charge in [0.1, 0.15) is 0 Å². The zero-order chi connectivity index (χ0) is 25.3. The molecule has 0 unspecified atom stereocenters. The van der Waals surface area contributed by atoms with Crippen molar-refractivity contribution in [2.24, 2.45) is 11.8 Å². The van der Waals surface area contributed by atoms with Crippen LogP contribution in [0.3, 0.4) is 0 Å². The second kappa shape index (κ2) is 10.0. The highest BCUT2D eigenvalue weighted by atomic mass is 32.2. The maximum absolute atomic E-state index is 13.4. The molecule has 7 nitrogen and oxygen atoms in total. The fourth-order valence-corrected chi connectivity index (χ4v) is 6.78. The highest BCUT2D eigenvalue weighted by Gasteiger charge is 2.47. The number of carbonyl (C=O) groups is 2. The van der Waals surface area contributed by atoms with Gasteiger partial charge >= 0.3 is 0 Å². The Bertz CT molecular complexity index is 1210. The number of hydrogen-bond donors (Lipinski definition) is 1. The third kappa shape index (κ3) is 4.94. The van der Waals surface area contributed by atoms with Crippen molar-refractivity contribution in [3.05, 3.63) is 53.1 Å². The molecule has 1 saturated heterocycles. The Morgan fingerprint density at radius 1 is 0.914 bits per heavy atom. The molecule has 2 atom stereocenters. The number of aryl methyl sites for hydroxylation is 2. The zero-order valence-corrected chi connectivity index (χ0v) is 21.8. The standard InChI is InChI=1S/C27H35N3O4S/c1-5-29(6-2)21-13-14-24(19(4)15-21)28-35(33,34)25-16-20(12-11-18(25)3)17-30-26(31)22-9-7-8-10-23(22)27(30)32/h11-16,22-23,28H,5-10,17H2,1-4H3/t22-,23+. The summed E-state index contributed by atoms with van der Waals surface area (Å²) in [4.78, 5) is 29.4. The first-order valence-corrected chi connectivity index (χ1v) is 14.0. The lowest BCUT2D eigenvalue weighted by atomic mass is 9.81. The smallest absolute Gasteiger partial charge is 0.262 e. The average Bonchev–Trinajstić information content (AvgIpc) is 3.07. The summed E-state index contributed by atoms with van der Waals surface area (Å²) in [5.74, 6) is -0.666. The van der Waals surface area contributed by atoms with Gasteiger partial charge in [-0.3, -0.25) is 19.2 Å². The number of carbonyl (C=O) groups excluding carboxylic acids is 2. The van der Waals surface area contributed by atoms with Gasteiger partial charge in [-0.15, -0.1) is 0 Å². The lowest BCUT2D eigenvalue weighted by Gasteiger charge is -2.22. The lowest BCUT2D eigenvalue weighted by Crippen LogP contribution is -2.30. The fraction of sp³-hybridized carbons (Fsp3) is 0.481. The minimum absolute atomic E-state index is 0.102. The molecule has 35 heavy (non-hydrogen) atoms. The predicted molar refractivity (Wildman–Crippen MR) is 138 cm³/mol. The Balaban J connectivity index is 1.56. The van der Waals surface area contributed by atoms with Crippen LogP contribution < -0.4 is 9.62 Å². The van der Waals surface area contributed by atoms with Crippen molar-refractivity contribution >= 4 is 33.2 Å². The number of amides is 2. The van der Waals surface area contributed by atoms with Crippen molar-refractivity contribution in [2.75, 3.05) is 22.7 Å². The predicted octanol–water partition coefficient (Wildman–Crippen LogP) is 4.63. The summed E-state index contributed by atoms with van der Waals surface area (Å²) in [6, 6.07) is 10.8. The number of fused-ring (bicyclic) bond motifs is 1. The normalized spacial score (nSPS) is 20.2. The van der Waals surface area contributed by atoms with Gasteiger partial charge in [0, 0.05) is 18.8 Å². The average molecular weight is 498 g/mol. The lowest BCUT2D eigenvalue weighted by molar-refractivity contribution is -0.140. The van der Waals surface area contributed by atoms with Crippen LogP contribution in [0.15, 0.2) is 41.3 Å². The van der Waals surface area contributed by atoms with Gasteiger partial charge in [0.2, 0.25) is 11.8 Å². The molecule has 2 aromatic carbocycles. The third-order valence-corrected chi connectivity index (χ3v) is 8.91. The van der Waals surface area contributed by atoms with Gasteiger partial charge in [0.25, 0.3) is 10.0 Å². The molecule has 8 heteroatoms. The molecule has 0 radical (unpaired) electrons. The molecule has 1 N–H and O–H groups in total. The summed E-state index contributed by atoms with van der Waals surface area (Å²) < 4.78 is 29.5. The van der Waals surface area contributed by atoms with Crippen LogP contribution in [-0.2, 0) is 26.2 Å². The fourth-order valence-electron chi connectivity index (χ4n) is 5.35. The topological polar surface area (TPSA) is 86.8 Å². The minimum Gasteiger partial charge on any atom is -0.372 e. The molecule has 1 saturated carbocycles. The Hall–Kier alpha value is -2.87. The van der Waals surface area contributed by atoms with Gasteiger partial charge in [-0.05, 0) is 81.5 Å². The molecule has 0 spiro atoms. The summed E-state index contributed by atoms with van der Waals surface area (Å²) in [6.45, 7) is 9.65. The van der Waals surface area contributed by atoms with Crippen LogP contribution in [0.5, 0.6) is 0 Å². The van der Waals surface area contributed by atoms with Gasteiger partial charge in [-0.25, -0.2) is 8.42 Å². The number of nitrogens with zero attached hydrogens (tertiary/aromatic N) is 2. The first kappa shape index (κ1) is 25.2. The molecule has 2 aliphatic rings. The number of imide groups is 1. The van der Waals surface area contributed by atoms with Gasteiger partial charge in [0.15, 0.2) is 0 Å². The molecule has 0 aromatic heterocycles. The number of nitrogens with one attached hydrogen (secondary N) is 1. The quantitative estimate of drug-likeness (QED) is 0.538. The second-order valence-electron chi connectivity index (χ2n) is 9.64. The van der Waals surface area contributed by atoms with Crippen LogP contribution in [0, 0.1) is 25.7 Å². The van der Waals surface area contributed by atoms with Gasteiger partial charge in [0.05, 0.1) is 29.0 Å². The number of hydrogen-bond acceptors (Lipinski definition) is 5. The number of likely N-dealkylation sites (tertiary alicyclic amines) is 1. The largest absolute Gasteiger partial charge is 0.372 e. The van der Waals surface area contributed by atoms with Gasteiger partial charge in [-0.2, -0.15) is 0 Å². The molecule has 0 bridgehead atoms. The van der Waals surface area contributed by atoms with E-state index in [-0.39, 0.29) is 35.1 Å². The Morgan fingerprint density at radius 3 is 2.11 bits per heavy atom. The van der Waals surface area contributed by atoms with Crippen molar-refractivity contribution < 1.29 is 18.0 Å². The molecule has 1 aliphatic heterocycles. The Labute approximate surface area is 208 Å². The third-order valence-electron chi connectivity index (χ3n) is 7.40. The van der Waals surface area contributed by atoms with Crippen LogP contribution in [0.25, 0.3) is 0 Å². The van der Waals surface area contributed by atoms with E-state index in [2.05, 4.69) is 23.5 Å². The highest BCUT2D eigenvalue weighted by Crippen LogP contribution is 2.38. The highest BCUT2D eigenvalue weighted by molar-refractivity contribution is 7.92. The summed E-state index contributed by atoms with van der Waals surface area (Å²) >= 11 is 0. The van der Waals surface area contributed by atoms with Crippen LogP contribution in [0.4, 0.5) is 11.4 Å². The van der Waals surface area contributed by atoms with Crippen molar-refractivity contribution in [1.82, 2.24) is 4.90 Å². The first-order valence-electron chi connectivity index (χ1n) is 12.5. The van der Waals surface area contributed by atoms with Gasteiger partial charge in [-0.1, -0.05) is 25.0 Å². The van der Waals surface area contributed by atoms with E-state index in [0.717, 1.165) is 50.0 Å². The molecule has 1 heterocycles. The van der Waals surface area contributed by atoms with E-state index in [1.54, 1.807) is 31.2 Å². The first-order chi connectivity index (χ1) is 16.7. The molecule has 2 fully saturated rings. The van der Waals surface area contributed by atoms with E-state index in [9.17, 15) is 18.0 Å². The van der Waals surface area contributed by atoms with E-state index in [1.165, 1.54) is 4.90 Å². The monoisotopic (exact) mass is 497 g/mol. The van der Waals surface area contributed by atoms with Crippen LogP contribution in [-0.4, -0.2) is 38.2 Å². The van der Waals surface area contributed by atoms with Crippen molar-refractivity contribution in [3.8, 4) is 0 Å². The summed E-state index contributed by atoms with van der Waals surface area (Å²) in [6.07, 6.45) is 3.47. The molecular formula is C27H35N3O4S. The van der Waals surface area contributed by atoms with Gasteiger partial charge < -0.3 is 4.90 Å². The minimum atomic E-state index is -3.87. The summed E-state index contributed by atoms with van der Waals surface area (Å²) in [7, 11) is -3.87. The van der Waals surface area contributed by atoms with Crippen molar-refractivity contribution in [1.29, 1.82) is 0 Å². The maximum Gasteiger partial charge on any atom is 0.262 e. The number of rotatable bonds is 8. The maximum atomic E-state index is 13.4. The number of anilines is 2. The van der Waals surface area contributed by atoms with E-state index >= 15 is 0 Å². The van der Waals surface area contributed by atoms with Crippen molar-refractivity contribution in [3.63, 3.8) is 0 Å². The molecule has 1 aliphatic carbocycles. The Morgan fingerprint density at radius 2 is 1.54 bits per heavy atom. The van der Waals surface area contributed by atoms with E-state index < -0.39 is 10.0 Å². The molecule has 4 rings (SSSR count). The van der Waals surface area contributed by atoms with E-state index in [1.807, 2.05) is 19.1 Å². The molecular weight excluding hydrogens is 462 g/mol. The Kier molecular flexibility index (Phi) is 7.22. The second-order valence-corrected chi connectivity index (χ2v) is 11.3. The van der Waals surface area contributed by atoms with Crippen LogP contribution in [0.2, 0.25) is 0 Å². The summed E-state index contributed by atoms with van der Waals surface area (Å²) in [5.41, 5.74) is 3.65. The SMILES string of the molecule is CCN(CC)c1ccc(NS(=O)(=O)c2cc(CN3C(=O)[C@H]4CCCC[C@H]4C3=O)ccc2C)c(C)c1. The van der Waals surface area contributed by atoms with Crippen LogP contribution in [0.1, 0.15) is 56.2 Å². The van der Waals surface area contributed by atoms with Crippen LogP contribution >= 0.6 is 0 Å². The number of sulfonamides is 1. The summed E-state index contributed by atoms with van der Waals surface area (Å²) in [5, 5.41) is 0. The molecule has 2 amide bonds. The zero-order valence-electron chi connectivity index (χ0n) is 21.0. The van der Waals surface area contributed by atoms with E-state index in [0.29, 0.717) is 16.8 Å².